The zero-order valence-electron chi connectivity index (χ0n) is 8.28. The Labute approximate surface area is 86.4 Å². The normalized spacial score (nSPS) is 11.8. The van der Waals surface area contributed by atoms with Gasteiger partial charge < -0.3 is 21.4 Å². The minimum atomic E-state index is -0.723. The zero-order valence-corrected chi connectivity index (χ0v) is 8.28. The van der Waals surface area contributed by atoms with Gasteiger partial charge >= 0.3 is 6.03 Å². The number of aromatic amines is 1. The van der Waals surface area contributed by atoms with E-state index in [0.29, 0.717) is 6.54 Å². The summed E-state index contributed by atoms with van der Waals surface area (Å²) in [4.78, 5) is 28.5. The molecule has 0 radical (unpaired) electrons. The summed E-state index contributed by atoms with van der Waals surface area (Å²) in [6, 6.07) is -1.37. The monoisotopic (exact) mass is 211 g/mol. The van der Waals surface area contributed by atoms with E-state index >= 15 is 0 Å². The molecule has 0 saturated carbocycles. The largest absolute Gasteiger partial charge is 0.352 e. The lowest BCUT2D eigenvalue weighted by molar-refractivity contribution is -0.122. The Kier molecular flexibility index (Phi) is 3.67. The van der Waals surface area contributed by atoms with Crippen LogP contribution in [0.1, 0.15) is 12.6 Å². The van der Waals surface area contributed by atoms with Crippen LogP contribution in [0.2, 0.25) is 0 Å². The minimum Gasteiger partial charge on any atom is -0.352 e. The average molecular weight is 211 g/mol. The van der Waals surface area contributed by atoms with Crippen LogP contribution in [0.4, 0.5) is 4.79 Å². The third-order valence-corrected chi connectivity index (χ3v) is 1.76. The molecule has 82 valence electrons. The van der Waals surface area contributed by atoms with Crippen molar-refractivity contribution in [3.8, 4) is 0 Å². The number of hydrogen-bond acceptors (Lipinski definition) is 3. The molecule has 7 heteroatoms. The second-order valence-corrected chi connectivity index (χ2v) is 3.02. The van der Waals surface area contributed by atoms with Crippen molar-refractivity contribution >= 4 is 11.9 Å². The first-order valence-electron chi connectivity index (χ1n) is 4.40. The number of hydrogen-bond donors (Lipinski definition) is 4. The number of primary amides is 1. The molecule has 1 atom stereocenters. The number of carbonyl (C=O) groups is 2. The van der Waals surface area contributed by atoms with Gasteiger partial charge in [-0.2, -0.15) is 0 Å². The molecule has 5 N–H and O–H groups in total. The van der Waals surface area contributed by atoms with Gasteiger partial charge in [-0.15, -0.1) is 0 Å². The number of nitrogens with zero attached hydrogens (tertiary/aromatic N) is 1. The first kappa shape index (κ1) is 11.0. The Morgan fingerprint density at radius 1 is 1.67 bits per heavy atom. The molecule has 1 aromatic rings. The molecule has 0 bridgehead atoms. The van der Waals surface area contributed by atoms with Crippen molar-refractivity contribution in [1.82, 2.24) is 20.6 Å². The van der Waals surface area contributed by atoms with E-state index in [0.717, 1.165) is 5.69 Å². The fourth-order valence-corrected chi connectivity index (χ4v) is 0.996. The highest BCUT2D eigenvalue weighted by atomic mass is 16.2. The van der Waals surface area contributed by atoms with Crippen LogP contribution in [0.5, 0.6) is 0 Å². The van der Waals surface area contributed by atoms with Crippen LogP contribution >= 0.6 is 0 Å². The molecule has 1 aromatic heterocycles. The Hall–Kier alpha value is -2.05. The van der Waals surface area contributed by atoms with E-state index in [-0.39, 0.29) is 5.91 Å². The van der Waals surface area contributed by atoms with Crippen LogP contribution in [0, 0.1) is 0 Å². The fraction of sp³-hybridized carbons (Fsp3) is 0.375. The van der Waals surface area contributed by atoms with Crippen molar-refractivity contribution < 1.29 is 9.59 Å². The molecule has 0 aliphatic carbocycles. The first-order chi connectivity index (χ1) is 7.09. The maximum atomic E-state index is 11.4. The maximum Gasteiger partial charge on any atom is 0.312 e. The van der Waals surface area contributed by atoms with Crippen molar-refractivity contribution in [3.05, 3.63) is 18.2 Å². The van der Waals surface area contributed by atoms with Gasteiger partial charge in [0.2, 0.25) is 5.91 Å². The Balaban J connectivity index is 2.32. The number of carbonyl (C=O) groups excluding carboxylic acids is 2. The van der Waals surface area contributed by atoms with E-state index < -0.39 is 12.1 Å². The Morgan fingerprint density at radius 2 is 2.40 bits per heavy atom. The molecule has 0 aromatic carbocycles. The van der Waals surface area contributed by atoms with Gasteiger partial charge in [0.25, 0.3) is 0 Å². The molecule has 7 nitrogen and oxygen atoms in total. The predicted octanol–water partition coefficient (Wildman–Crippen LogP) is -0.917. The van der Waals surface area contributed by atoms with E-state index in [1.807, 2.05) is 0 Å². The van der Waals surface area contributed by atoms with E-state index in [4.69, 9.17) is 5.73 Å². The summed E-state index contributed by atoms with van der Waals surface area (Å²) in [6.07, 6.45) is 3.12. The van der Waals surface area contributed by atoms with Gasteiger partial charge in [0.05, 0.1) is 18.6 Å². The lowest BCUT2D eigenvalue weighted by Gasteiger charge is -2.11. The SMILES string of the molecule is CC(NC(N)=O)C(=O)NCc1cnc[nH]1. The molecule has 0 fully saturated rings. The fourth-order valence-electron chi connectivity index (χ4n) is 0.996. The van der Waals surface area contributed by atoms with E-state index in [2.05, 4.69) is 20.6 Å². The van der Waals surface area contributed by atoms with Gasteiger partial charge in [0.1, 0.15) is 6.04 Å². The Morgan fingerprint density at radius 3 is 2.93 bits per heavy atom. The molecular formula is C8H13N5O2. The third-order valence-electron chi connectivity index (χ3n) is 1.76. The maximum absolute atomic E-state index is 11.4. The van der Waals surface area contributed by atoms with E-state index in [1.165, 1.54) is 6.33 Å². The smallest absolute Gasteiger partial charge is 0.312 e. The molecule has 0 aliphatic heterocycles. The number of aromatic nitrogens is 2. The summed E-state index contributed by atoms with van der Waals surface area (Å²) in [5, 5.41) is 4.88. The minimum absolute atomic E-state index is 0.302. The van der Waals surface area contributed by atoms with Gasteiger partial charge in [-0.25, -0.2) is 9.78 Å². The molecule has 1 heterocycles. The van der Waals surface area contributed by atoms with Gasteiger partial charge in [-0.3, -0.25) is 4.79 Å². The van der Waals surface area contributed by atoms with Crippen LogP contribution in [0.25, 0.3) is 0 Å². The highest BCUT2D eigenvalue weighted by molar-refractivity contribution is 5.85. The summed E-state index contributed by atoms with van der Waals surface area (Å²) in [5.41, 5.74) is 5.66. The summed E-state index contributed by atoms with van der Waals surface area (Å²) < 4.78 is 0. The molecular weight excluding hydrogens is 198 g/mol. The van der Waals surface area contributed by atoms with Crippen molar-refractivity contribution in [2.24, 2.45) is 5.73 Å². The summed E-state index contributed by atoms with van der Waals surface area (Å²) >= 11 is 0. The molecule has 0 spiro atoms. The van der Waals surface area contributed by atoms with Crippen molar-refractivity contribution in [1.29, 1.82) is 0 Å². The number of nitrogens with one attached hydrogen (secondary N) is 3. The van der Waals surface area contributed by atoms with Crippen molar-refractivity contribution in [2.75, 3.05) is 0 Å². The summed E-state index contributed by atoms with van der Waals surface area (Å²) in [6.45, 7) is 1.89. The van der Waals surface area contributed by atoms with Crippen LogP contribution in [-0.4, -0.2) is 27.9 Å². The quantitative estimate of drug-likeness (QED) is 0.516. The number of H-pyrrole nitrogens is 1. The van der Waals surface area contributed by atoms with E-state index in [1.54, 1.807) is 13.1 Å². The van der Waals surface area contributed by atoms with Gasteiger partial charge in [0, 0.05) is 6.20 Å². The molecule has 0 aliphatic rings. The van der Waals surface area contributed by atoms with E-state index in [9.17, 15) is 9.59 Å². The molecule has 0 saturated heterocycles. The third kappa shape index (κ3) is 3.67. The standard InChI is InChI=1S/C8H13N5O2/c1-5(13-8(9)15)7(14)11-3-6-2-10-4-12-6/h2,4-5H,3H2,1H3,(H,10,12)(H,11,14)(H3,9,13,15). The predicted molar refractivity (Wildman–Crippen MR) is 52.6 cm³/mol. The molecule has 1 rings (SSSR count). The summed E-state index contributed by atoms with van der Waals surface area (Å²) in [7, 11) is 0. The van der Waals surface area contributed by atoms with Gasteiger partial charge in [-0.05, 0) is 6.92 Å². The topological polar surface area (TPSA) is 113 Å². The lowest BCUT2D eigenvalue weighted by atomic mass is 10.3. The second-order valence-electron chi connectivity index (χ2n) is 3.02. The zero-order chi connectivity index (χ0) is 11.3. The first-order valence-corrected chi connectivity index (χ1v) is 4.40. The highest BCUT2D eigenvalue weighted by Gasteiger charge is 2.13. The molecule has 15 heavy (non-hydrogen) atoms. The molecule has 3 amide bonds. The van der Waals surface area contributed by atoms with Crippen molar-refractivity contribution in [3.63, 3.8) is 0 Å². The number of amides is 3. The highest BCUT2D eigenvalue weighted by Crippen LogP contribution is 1.90. The average Bonchev–Trinajstić information content (AvgIpc) is 2.65. The van der Waals surface area contributed by atoms with Crippen LogP contribution in [-0.2, 0) is 11.3 Å². The van der Waals surface area contributed by atoms with Crippen LogP contribution in [0.15, 0.2) is 12.5 Å². The van der Waals surface area contributed by atoms with Gasteiger partial charge in [-0.1, -0.05) is 0 Å². The molecule has 1 unspecified atom stereocenters. The number of imidazole rings is 1. The van der Waals surface area contributed by atoms with Crippen LogP contribution in [0.3, 0.4) is 0 Å². The number of urea groups is 1. The lowest BCUT2D eigenvalue weighted by Crippen LogP contribution is -2.46. The second kappa shape index (κ2) is 4.99. The van der Waals surface area contributed by atoms with Gasteiger partial charge in [0.15, 0.2) is 0 Å². The Bertz CT molecular complexity index is 335. The van der Waals surface area contributed by atoms with Crippen LogP contribution < -0.4 is 16.4 Å². The summed E-state index contributed by atoms with van der Waals surface area (Å²) in [5.74, 6) is -0.302. The van der Waals surface area contributed by atoms with Crippen molar-refractivity contribution in [2.45, 2.75) is 19.5 Å². The number of rotatable bonds is 4. The number of nitrogens with two attached hydrogens (primary N) is 1.